The second-order valence-electron chi connectivity index (χ2n) is 6.71. The summed E-state index contributed by atoms with van der Waals surface area (Å²) in [4.78, 5) is 2.55. The molecule has 20 heavy (non-hydrogen) atoms. The zero-order valence-corrected chi connectivity index (χ0v) is 14.1. The topological polar surface area (TPSA) is 35.5 Å². The molecule has 0 aliphatic heterocycles. The molecule has 1 saturated carbocycles. The van der Waals surface area contributed by atoms with Crippen LogP contribution in [0.1, 0.15) is 65.2 Å². The Labute approximate surface area is 126 Å². The summed E-state index contributed by atoms with van der Waals surface area (Å²) in [6.07, 6.45) is 10.2. The van der Waals surface area contributed by atoms with Gasteiger partial charge in [-0.3, -0.25) is 0 Å². The summed E-state index contributed by atoms with van der Waals surface area (Å²) in [5.74, 6) is 0.978. The normalized spacial score (nSPS) is 26.7. The highest BCUT2D eigenvalue weighted by molar-refractivity contribution is 4.85. The molecule has 0 heterocycles. The van der Waals surface area contributed by atoms with Crippen molar-refractivity contribution in [2.24, 2.45) is 5.92 Å². The van der Waals surface area contributed by atoms with Gasteiger partial charge in [0, 0.05) is 11.6 Å². The van der Waals surface area contributed by atoms with Gasteiger partial charge >= 0.3 is 0 Å². The smallest absolute Gasteiger partial charge is 0.0613 e. The lowest BCUT2D eigenvalue weighted by Crippen LogP contribution is -2.46. The van der Waals surface area contributed by atoms with E-state index in [0.29, 0.717) is 0 Å². The summed E-state index contributed by atoms with van der Waals surface area (Å²) in [7, 11) is 4.25. The lowest BCUT2D eigenvalue weighted by Gasteiger charge is -2.36. The van der Waals surface area contributed by atoms with Crippen LogP contribution in [0.5, 0.6) is 0 Å². The molecule has 1 fully saturated rings. The first-order valence-electron chi connectivity index (χ1n) is 8.60. The molecule has 1 unspecified atom stereocenters. The highest BCUT2D eigenvalue weighted by atomic mass is 16.3. The first-order chi connectivity index (χ1) is 9.60. The Kier molecular flexibility index (Phi) is 8.08. The largest absolute Gasteiger partial charge is 0.394 e. The highest BCUT2D eigenvalue weighted by Gasteiger charge is 2.26. The van der Waals surface area contributed by atoms with Crippen molar-refractivity contribution < 1.29 is 5.11 Å². The van der Waals surface area contributed by atoms with Gasteiger partial charge < -0.3 is 15.3 Å². The van der Waals surface area contributed by atoms with E-state index in [1.54, 1.807) is 0 Å². The number of hydrogen-bond acceptors (Lipinski definition) is 3. The summed E-state index contributed by atoms with van der Waals surface area (Å²) in [6.45, 7) is 5.88. The molecule has 2 N–H and O–H groups in total. The minimum absolute atomic E-state index is 0.0687. The number of aliphatic hydroxyl groups is 1. The molecule has 0 bridgehead atoms. The van der Waals surface area contributed by atoms with Gasteiger partial charge in [0.1, 0.15) is 0 Å². The summed E-state index contributed by atoms with van der Waals surface area (Å²) in [5, 5.41) is 12.9. The van der Waals surface area contributed by atoms with E-state index >= 15 is 0 Å². The Balaban J connectivity index is 2.28. The maximum Gasteiger partial charge on any atom is 0.0613 e. The molecule has 0 radical (unpaired) electrons. The van der Waals surface area contributed by atoms with Gasteiger partial charge in [-0.15, -0.1) is 0 Å². The molecule has 3 heteroatoms. The molecule has 1 aliphatic rings. The van der Waals surface area contributed by atoms with Gasteiger partial charge in [0.05, 0.1) is 6.61 Å². The Hall–Kier alpha value is -0.120. The van der Waals surface area contributed by atoms with E-state index in [4.69, 9.17) is 0 Å². The molecule has 0 saturated heterocycles. The standard InChI is InChI=1S/C17H36N2O/c1-5-15-8-10-16(11-9-15)19(4)13-7-12-17(6-2,14-20)18-3/h15-16,18,20H,5-14H2,1-4H3. The number of hydrogen-bond donors (Lipinski definition) is 2. The SMILES string of the molecule is CCC1CCC(N(C)CCCC(CC)(CO)NC)CC1. The third kappa shape index (κ3) is 5.01. The number of aliphatic hydroxyl groups excluding tert-OH is 1. The van der Waals surface area contributed by atoms with Gasteiger partial charge in [-0.05, 0) is 71.5 Å². The predicted octanol–water partition coefficient (Wildman–Crippen LogP) is 3.03. The van der Waals surface area contributed by atoms with E-state index in [9.17, 15) is 5.11 Å². The fourth-order valence-corrected chi connectivity index (χ4v) is 3.59. The van der Waals surface area contributed by atoms with Crippen molar-refractivity contribution in [3.8, 4) is 0 Å². The number of rotatable bonds is 9. The van der Waals surface area contributed by atoms with Crippen LogP contribution in [0.3, 0.4) is 0 Å². The van der Waals surface area contributed by atoms with Crippen molar-refractivity contribution >= 4 is 0 Å². The Morgan fingerprint density at radius 1 is 1.20 bits per heavy atom. The molecule has 120 valence electrons. The molecule has 0 aromatic heterocycles. The van der Waals surface area contributed by atoms with Crippen LogP contribution in [0.25, 0.3) is 0 Å². The number of nitrogens with one attached hydrogen (secondary N) is 1. The second kappa shape index (κ2) is 9.01. The summed E-state index contributed by atoms with van der Waals surface area (Å²) < 4.78 is 0. The number of nitrogens with zero attached hydrogens (tertiary/aromatic N) is 1. The van der Waals surface area contributed by atoms with Gasteiger partial charge in [0.2, 0.25) is 0 Å². The van der Waals surface area contributed by atoms with Crippen molar-refractivity contribution in [3.63, 3.8) is 0 Å². The van der Waals surface area contributed by atoms with Crippen molar-refractivity contribution in [2.75, 3.05) is 27.2 Å². The van der Waals surface area contributed by atoms with Crippen molar-refractivity contribution in [3.05, 3.63) is 0 Å². The van der Waals surface area contributed by atoms with Crippen LogP contribution in [-0.2, 0) is 0 Å². The van der Waals surface area contributed by atoms with E-state index in [1.165, 1.54) is 38.5 Å². The van der Waals surface area contributed by atoms with E-state index in [0.717, 1.165) is 31.3 Å². The lowest BCUT2D eigenvalue weighted by molar-refractivity contribution is 0.132. The van der Waals surface area contributed by atoms with Crippen LogP contribution < -0.4 is 5.32 Å². The summed E-state index contributed by atoms with van der Waals surface area (Å²) >= 11 is 0. The Morgan fingerprint density at radius 3 is 2.30 bits per heavy atom. The van der Waals surface area contributed by atoms with Crippen LogP contribution in [0.2, 0.25) is 0 Å². The van der Waals surface area contributed by atoms with Crippen LogP contribution >= 0.6 is 0 Å². The first kappa shape index (κ1) is 17.9. The second-order valence-corrected chi connectivity index (χ2v) is 6.71. The van der Waals surface area contributed by atoms with Crippen LogP contribution in [0, 0.1) is 5.92 Å². The monoisotopic (exact) mass is 284 g/mol. The minimum atomic E-state index is -0.0687. The van der Waals surface area contributed by atoms with Gasteiger partial charge in [0.15, 0.2) is 0 Å². The van der Waals surface area contributed by atoms with E-state index in [-0.39, 0.29) is 12.1 Å². The predicted molar refractivity (Wildman–Crippen MR) is 87.1 cm³/mol. The third-order valence-corrected chi connectivity index (χ3v) is 5.69. The fourth-order valence-electron chi connectivity index (χ4n) is 3.59. The Morgan fingerprint density at radius 2 is 1.85 bits per heavy atom. The summed E-state index contributed by atoms with van der Waals surface area (Å²) in [5.41, 5.74) is -0.0687. The van der Waals surface area contributed by atoms with Gasteiger partial charge in [-0.2, -0.15) is 0 Å². The van der Waals surface area contributed by atoms with Gasteiger partial charge in [0.25, 0.3) is 0 Å². The molecular formula is C17H36N2O. The average Bonchev–Trinajstić information content (AvgIpc) is 2.52. The maximum absolute atomic E-state index is 9.57. The van der Waals surface area contributed by atoms with E-state index in [2.05, 4.69) is 31.1 Å². The lowest BCUT2D eigenvalue weighted by atomic mass is 9.84. The van der Waals surface area contributed by atoms with Crippen molar-refractivity contribution in [2.45, 2.75) is 76.8 Å². The molecule has 0 aromatic rings. The minimum Gasteiger partial charge on any atom is -0.394 e. The van der Waals surface area contributed by atoms with Crippen LogP contribution in [0.15, 0.2) is 0 Å². The van der Waals surface area contributed by atoms with Gasteiger partial charge in [-0.25, -0.2) is 0 Å². The summed E-state index contributed by atoms with van der Waals surface area (Å²) in [6, 6.07) is 0.789. The van der Waals surface area contributed by atoms with Gasteiger partial charge in [-0.1, -0.05) is 20.3 Å². The molecule has 1 atom stereocenters. The van der Waals surface area contributed by atoms with Crippen molar-refractivity contribution in [1.29, 1.82) is 0 Å². The molecule has 0 spiro atoms. The Bertz CT molecular complexity index is 237. The molecule has 1 aliphatic carbocycles. The van der Waals surface area contributed by atoms with Crippen LogP contribution in [-0.4, -0.2) is 48.8 Å². The maximum atomic E-state index is 9.57. The quantitative estimate of drug-likeness (QED) is 0.683. The van der Waals surface area contributed by atoms with E-state index in [1.807, 2.05) is 7.05 Å². The van der Waals surface area contributed by atoms with Crippen molar-refractivity contribution in [1.82, 2.24) is 10.2 Å². The van der Waals surface area contributed by atoms with E-state index < -0.39 is 0 Å². The zero-order valence-electron chi connectivity index (χ0n) is 14.1. The number of likely N-dealkylation sites (N-methyl/N-ethyl adjacent to an activating group) is 1. The fraction of sp³-hybridized carbons (Fsp3) is 1.00. The average molecular weight is 284 g/mol. The van der Waals surface area contributed by atoms with Crippen LogP contribution in [0.4, 0.5) is 0 Å². The third-order valence-electron chi connectivity index (χ3n) is 5.69. The first-order valence-corrected chi connectivity index (χ1v) is 8.60. The molecule has 3 nitrogen and oxygen atoms in total. The molecule has 0 aromatic carbocycles. The molecule has 1 rings (SSSR count). The highest BCUT2D eigenvalue weighted by Crippen LogP contribution is 2.29. The molecule has 0 amide bonds. The molecular weight excluding hydrogens is 248 g/mol. The zero-order chi connectivity index (χ0) is 15.0.